The first kappa shape index (κ1) is 16.8. The lowest BCUT2D eigenvalue weighted by molar-refractivity contribution is 0.126. The third-order valence-electron chi connectivity index (χ3n) is 4.11. The maximum absolute atomic E-state index is 12.2. The van der Waals surface area contributed by atoms with E-state index in [2.05, 4.69) is 24.3 Å². The Morgan fingerprint density at radius 2 is 1.68 bits per heavy atom. The zero-order chi connectivity index (χ0) is 17.5. The summed E-state index contributed by atoms with van der Waals surface area (Å²) < 4.78 is 4.95. The summed E-state index contributed by atoms with van der Waals surface area (Å²) in [6.07, 6.45) is 3.67. The maximum atomic E-state index is 12.2. The van der Waals surface area contributed by atoms with E-state index in [1.54, 1.807) is 4.90 Å². The second-order valence-electron chi connectivity index (χ2n) is 5.80. The molecule has 126 valence electrons. The van der Waals surface area contributed by atoms with Crippen molar-refractivity contribution < 1.29 is 9.53 Å². The average Bonchev–Trinajstić information content (AvgIpc) is 2.67. The summed E-state index contributed by atoms with van der Waals surface area (Å²) in [5.41, 5.74) is 2.22. The number of carbonyl (C=O) groups is 1. The van der Waals surface area contributed by atoms with Crippen molar-refractivity contribution in [3.63, 3.8) is 0 Å². The number of ether oxygens (including phenoxy) is 1. The van der Waals surface area contributed by atoms with Crippen LogP contribution in [0.15, 0.2) is 78.9 Å². The number of hydrogen-bond acceptors (Lipinski definition) is 2. The fraction of sp³-hybridized carbons (Fsp3) is 0.136. The molecule has 0 atom stereocenters. The van der Waals surface area contributed by atoms with E-state index < -0.39 is 0 Å². The zero-order valence-electron chi connectivity index (χ0n) is 14.3. The fourth-order valence-electron chi connectivity index (χ4n) is 2.85. The number of nitrogens with zero attached hydrogens (tertiary/aromatic N) is 1. The Balaban J connectivity index is 1.79. The summed E-state index contributed by atoms with van der Waals surface area (Å²) in [4.78, 5) is 13.9. The van der Waals surface area contributed by atoms with Crippen LogP contribution < -0.4 is 0 Å². The summed E-state index contributed by atoms with van der Waals surface area (Å²) in [7, 11) is 1.42. The van der Waals surface area contributed by atoms with E-state index >= 15 is 0 Å². The Bertz CT molecular complexity index is 866. The smallest absolute Gasteiger partial charge is 0.410 e. The Morgan fingerprint density at radius 3 is 2.48 bits per heavy atom. The minimum Gasteiger partial charge on any atom is -0.453 e. The number of benzene rings is 3. The van der Waals surface area contributed by atoms with Crippen molar-refractivity contribution in [2.45, 2.75) is 6.54 Å². The molecule has 0 unspecified atom stereocenters. The van der Waals surface area contributed by atoms with Crippen molar-refractivity contribution in [3.05, 3.63) is 90.0 Å². The molecule has 0 aromatic heterocycles. The summed E-state index contributed by atoms with van der Waals surface area (Å²) in [5, 5.41) is 2.33. The van der Waals surface area contributed by atoms with E-state index in [9.17, 15) is 4.79 Å². The van der Waals surface area contributed by atoms with Crippen LogP contribution in [0.2, 0.25) is 0 Å². The molecule has 3 rings (SSSR count). The first-order valence-electron chi connectivity index (χ1n) is 8.29. The zero-order valence-corrected chi connectivity index (χ0v) is 14.3. The highest BCUT2D eigenvalue weighted by Crippen LogP contribution is 2.20. The summed E-state index contributed by atoms with van der Waals surface area (Å²) >= 11 is 0. The number of hydrogen-bond donors (Lipinski definition) is 0. The molecular formula is C22H21NO2. The van der Waals surface area contributed by atoms with Crippen LogP contribution >= 0.6 is 0 Å². The van der Waals surface area contributed by atoms with Crippen LogP contribution in [0.25, 0.3) is 16.8 Å². The monoisotopic (exact) mass is 331 g/mol. The van der Waals surface area contributed by atoms with Gasteiger partial charge in [-0.15, -0.1) is 0 Å². The van der Waals surface area contributed by atoms with Crippen molar-refractivity contribution in [3.8, 4) is 0 Å². The van der Waals surface area contributed by atoms with Gasteiger partial charge in [0, 0.05) is 13.1 Å². The third kappa shape index (κ3) is 4.27. The summed E-state index contributed by atoms with van der Waals surface area (Å²) in [6, 6.07) is 24.4. The van der Waals surface area contributed by atoms with Crippen LogP contribution in [0, 0.1) is 0 Å². The van der Waals surface area contributed by atoms with Crippen LogP contribution in [0.3, 0.4) is 0 Å². The normalized spacial score (nSPS) is 10.9. The molecule has 0 N–H and O–H groups in total. The van der Waals surface area contributed by atoms with Gasteiger partial charge in [-0.3, -0.25) is 0 Å². The van der Waals surface area contributed by atoms with Gasteiger partial charge in [-0.2, -0.15) is 0 Å². The van der Waals surface area contributed by atoms with Crippen LogP contribution in [-0.2, 0) is 11.3 Å². The van der Waals surface area contributed by atoms with Gasteiger partial charge < -0.3 is 9.64 Å². The number of rotatable bonds is 5. The van der Waals surface area contributed by atoms with Crippen molar-refractivity contribution in [2.24, 2.45) is 0 Å². The van der Waals surface area contributed by atoms with E-state index in [0.29, 0.717) is 13.1 Å². The average molecular weight is 331 g/mol. The first-order valence-corrected chi connectivity index (χ1v) is 8.29. The molecule has 3 aromatic carbocycles. The lowest BCUT2D eigenvalue weighted by atomic mass is 10.0. The van der Waals surface area contributed by atoms with Gasteiger partial charge in [0.05, 0.1) is 7.11 Å². The van der Waals surface area contributed by atoms with E-state index in [4.69, 9.17) is 4.74 Å². The van der Waals surface area contributed by atoms with E-state index in [0.717, 1.165) is 16.5 Å². The lowest BCUT2D eigenvalue weighted by Gasteiger charge is -2.20. The topological polar surface area (TPSA) is 29.5 Å². The molecule has 0 spiro atoms. The molecule has 3 aromatic rings. The highest BCUT2D eigenvalue weighted by Gasteiger charge is 2.14. The molecule has 0 radical (unpaired) electrons. The standard InChI is InChI=1S/C22H21NO2/c1-25-22(24)23(16-8-11-18-9-3-2-4-10-18)17-20-14-7-13-19-12-5-6-15-21(19)20/h2-15H,16-17H2,1H3/b11-8+. The minimum atomic E-state index is -0.328. The summed E-state index contributed by atoms with van der Waals surface area (Å²) in [6.45, 7) is 0.998. The van der Waals surface area contributed by atoms with Crippen molar-refractivity contribution >= 4 is 22.9 Å². The van der Waals surface area contributed by atoms with Crippen LogP contribution in [0.5, 0.6) is 0 Å². The number of carbonyl (C=O) groups excluding carboxylic acids is 1. The molecule has 0 aliphatic rings. The molecule has 0 bridgehead atoms. The molecule has 3 heteroatoms. The Labute approximate surface area is 148 Å². The van der Waals surface area contributed by atoms with Crippen LogP contribution in [0.1, 0.15) is 11.1 Å². The van der Waals surface area contributed by atoms with Crippen molar-refractivity contribution in [1.82, 2.24) is 4.90 Å². The molecule has 0 aliphatic carbocycles. The second kappa shape index (κ2) is 8.15. The predicted octanol–water partition coefficient (Wildman–Crippen LogP) is 5.12. The summed E-state index contributed by atoms with van der Waals surface area (Å²) in [5.74, 6) is 0. The van der Waals surface area contributed by atoms with E-state index in [1.807, 2.05) is 60.7 Å². The van der Waals surface area contributed by atoms with Crippen molar-refractivity contribution in [1.29, 1.82) is 0 Å². The molecule has 0 aliphatic heterocycles. The molecule has 1 amide bonds. The first-order chi connectivity index (χ1) is 12.3. The largest absolute Gasteiger partial charge is 0.453 e. The highest BCUT2D eigenvalue weighted by atomic mass is 16.5. The molecule has 25 heavy (non-hydrogen) atoms. The van der Waals surface area contributed by atoms with Gasteiger partial charge in [-0.25, -0.2) is 4.79 Å². The molecule has 0 fully saturated rings. The molecular weight excluding hydrogens is 310 g/mol. The fourth-order valence-corrected chi connectivity index (χ4v) is 2.85. The quantitative estimate of drug-likeness (QED) is 0.649. The minimum absolute atomic E-state index is 0.328. The molecule has 0 saturated carbocycles. The molecule has 0 saturated heterocycles. The van der Waals surface area contributed by atoms with Gasteiger partial charge >= 0.3 is 6.09 Å². The van der Waals surface area contributed by atoms with Crippen LogP contribution in [-0.4, -0.2) is 24.6 Å². The molecule has 3 nitrogen and oxygen atoms in total. The number of amides is 1. The molecule has 0 heterocycles. The Kier molecular flexibility index (Phi) is 5.47. The maximum Gasteiger partial charge on any atom is 0.410 e. The van der Waals surface area contributed by atoms with Gasteiger partial charge in [0.1, 0.15) is 0 Å². The van der Waals surface area contributed by atoms with Crippen LogP contribution in [0.4, 0.5) is 4.79 Å². The third-order valence-corrected chi connectivity index (χ3v) is 4.11. The Morgan fingerprint density at radius 1 is 0.960 bits per heavy atom. The number of fused-ring (bicyclic) bond motifs is 1. The lowest BCUT2D eigenvalue weighted by Crippen LogP contribution is -2.30. The van der Waals surface area contributed by atoms with Gasteiger partial charge in [0.25, 0.3) is 0 Å². The Hall–Kier alpha value is -3.07. The van der Waals surface area contributed by atoms with E-state index in [1.165, 1.54) is 12.5 Å². The highest BCUT2D eigenvalue weighted by molar-refractivity contribution is 5.86. The van der Waals surface area contributed by atoms with Gasteiger partial charge in [-0.05, 0) is 21.9 Å². The SMILES string of the molecule is COC(=O)N(C/C=C/c1ccccc1)Cc1cccc2ccccc12. The van der Waals surface area contributed by atoms with Crippen molar-refractivity contribution in [2.75, 3.05) is 13.7 Å². The number of methoxy groups -OCH3 is 1. The van der Waals surface area contributed by atoms with E-state index in [-0.39, 0.29) is 6.09 Å². The van der Waals surface area contributed by atoms with Gasteiger partial charge in [0.2, 0.25) is 0 Å². The van der Waals surface area contributed by atoms with Gasteiger partial charge in [0.15, 0.2) is 0 Å². The predicted molar refractivity (Wildman–Crippen MR) is 102 cm³/mol. The van der Waals surface area contributed by atoms with Gasteiger partial charge in [-0.1, -0.05) is 84.9 Å². The second-order valence-corrected chi connectivity index (χ2v) is 5.80.